The number of benzene rings is 2. The molecule has 2 aromatic rings. The van der Waals surface area contributed by atoms with Gasteiger partial charge < -0.3 is 24.9 Å². The summed E-state index contributed by atoms with van der Waals surface area (Å²) in [6.07, 6.45) is -0.450. The second-order valence-corrected chi connectivity index (χ2v) is 11.2. The zero-order chi connectivity index (χ0) is 22.2. The minimum Gasteiger partial charge on any atom is -0.508 e. The van der Waals surface area contributed by atoms with Crippen molar-refractivity contribution in [2.45, 2.75) is 58.9 Å². The van der Waals surface area contributed by atoms with Crippen LogP contribution in [0.5, 0.6) is 11.5 Å². The smallest absolute Gasteiger partial charge is 0.344 e. The zero-order valence-electron chi connectivity index (χ0n) is 18.0. The van der Waals surface area contributed by atoms with Crippen LogP contribution in [0, 0.1) is 0 Å². The van der Waals surface area contributed by atoms with Crippen molar-refractivity contribution >= 4 is 13.3 Å². The second-order valence-electron chi connectivity index (χ2n) is 9.56. The first-order chi connectivity index (χ1) is 13.1. The highest BCUT2D eigenvalue weighted by atomic mass is 31.2. The van der Waals surface area contributed by atoms with Gasteiger partial charge in [0.15, 0.2) is 0 Å². The summed E-state index contributed by atoms with van der Waals surface area (Å²) in [5, 5.41) is 20.4. The number of nitrogens with zero attached hydrogens (tertiary/aromatic N) is 1. The molecule has 0 radical (unpaired) electrons. The highest BCUT2D eigenvalue weighted by Crippen LogP contribution is 2.41. The molecule has 0 aliphatic heterocycles. The van der Waals surface area contributed by atoms with E-state index in [9.17, 15) is 24.6 Å². The van der Waals surface area contributed by atoms with Crippen LogP contribution in [-0.4, -0.2) is 26.3 Å². The molecule has 0 aliphatic carbocycles. The fourth-order valence-electron chi connectivity index (χ4n) is 3.26. The maximum atomic E-state index is 11.7. The normalized spacial score (nSPS) is 12.8. The van der Waals surface area contributed by atoms with Crippen LogP contribution in [0.4, 0.5) is 5.69 Å². The van der Waals surface area contributed by atoms with E-state index in [4.69, 9.17) is 0 Å². The predicted octanol–water partition coefficient (Wildman–Crippen LogP) is 4.83. The van der Waals surface area contributed by atoms with E-state index in [2.05, 4.69) is 0 Å². The standard InChI is InChI=1S/C22H32NO5P/c1-21(2,3)18-11-15(12-19(20(18)25)22(4,5)6)13-23(14-29(26,27)28)16-7-9-17(24)10-8-16/h7-12,24-25H,13-14H2,1-6H3,(H2,26,27,28). The largest absolute Gasteiger partial charge is 0.508 e. The third kappa shape index (κ3) is 6.23. The van der Waals surface area contributed by atoms with E-state index >= 15 is 0 Å². The Labute approximate surface area is 173 Å². The van der Waals surface area contributed by atoms with Gasteiger partial charge in [0.05, 0.1) is 0 Å². The van der Waals surface area contributed by atoms with Gasteiger partial charge in [0.25, 0.3) is 0 Å². The lowest BCUT2D eigenvalue weighted by Crippen LogP contribution is -2.25. The van der Waals surface area contributed by atoms with E-state index in [1.165, 1.54) is 12.1 Å². The highest BCUT2D eigenvalue weighted by Gasteiger charge is 2.28. The van der Waals surface area contributed by atoms with Gasteiger partial charge in [-0.05, 0) is 63.9 Å². The van der Waals surface area contributed by atoms with E-state index in [1.54, 1.807) is 17.0 Å². The lowest BCUT2D eigenvalue weighted by Gasteiger charge is -2.30. The molecule has 0 unspecified atom stereocenters. The quantitative estimate of drug-likeness (QED) is 0.516. The van der Waals surface area contributed by atoms with Gasteiger partial charge in [-0.2, -0.15) is 0 Å². The molecule has 0 saturated heterocycles. The predicted molar refractivity (Wildman–Crippen MR) is 117 cm³/mol. The van der Waals surface area contributed by atoms with Crippen LogP contribution in [0.25, 0.3) is 0 Å². The molecule has 2 rings (SSSR count). The Morgan fingerprint density at radius 3 is 1.69 bits per heavy atom. The van der Waals surface area contributed by atoms with Crippen molar-refractivity contribution in [2.24, 2.45) is 0 Å². The highest BCUT2D eigenvalue weighted by molar-refractivity contribution is 7.51. The van der Waals surface area contributed by atoms with Gasteiger partial charge in [0.2, 0.25) is 0 Å². The molecule has 4 N–H and O–H groups in total. The topological polar surface area (TPSA) is 101 Å². The van der Waals surface area contributed by atoms with Crippen LogP contribution in [0.15, 0.2) is 36.4 Å². The van der Waals surface area contributed by atoms with E-state index in [0.717, 1.165) is 16.7 Å². The van der Waals surface area contributed by atoms with Gasteiger partial charge in [-0.15, -0.1) is 0 Å². The van der Waals surface area contributed by atoms with Gasteiger partial charge in [0.1, 0.15) is 17.8 Å². The number of hydrogen-bond acceptors (Lipinski definition) is 4. The minimum atomic E-state index is -4.32. The van der Waals surface area contributed by atoms with E-state index in [-0.39, 0.29) is 28.9 Å². The number of anilines is 1. The van der Waals surface area contributed by atoms with Gasteiger partial charge >= 0.3 is 7.60 Å². The molecule has 0 fully saturated rings. The number of phenolic OH excluding ortho intramolecular Hbond substituents is 2. The van der Waals surface area contributed by atoms with Crippen molar-refractivity contribution in [1.29, 1.82) is 0 Å². The summed E-state index contributed by atoms with van der Waals surface area (Å²) in [5.74, 6) is 0.347. The monoisotopic (exact) mass is 421 g/mol. The van der Waals surface area contributed by atoms with Gasteiger partial charge in [0, 0.05) is 12.2 Å². The number of rotatable bonds is 5. The molecular formula is C22H32NO5P. The molecule has 0 atom stereocenters. The Morgan fingerprint density at radius 2 is 1.31 bits per heavy atom. The number of phenols is 2. The van der Waals surface area contributed by atoms with E-state index in [0.29, 0.717) is 5.69 Å². The molecule has 0 saturated carbocycles. The molecule has 7 heteroatoms. The molecule has 0 aromatic heterocycles. The van der Waals surface area contributed by atoms with Crippen molar-refractivity contribution in [2.75, 3.05) is 11.2 Å². The first-order valence-corrected chi connectivity index (χ1v) is 11.3. The van der Waals surface area contributed by atoms with E-state index < -0.39 is 13.9 Å². The van der Waals surface area contributed by atoms with Crippen molar-refractivity contribution in [1.82, 2.24) is 0 Å². The maximum Gasteiger partial charge on any atom is 0.344 e. The Morgan fingerprint density at radius 1 is 0.862 bits per heavy atom. The molecular weight excluding hydrogens is 389 g/mol. The van der Waals surface area contributed by atoms with Gasteiger partial charge in [-0.25, -0.2) is 0 Å². The van der Waals surface area contributed by atoms with Crippen molar-refractivity contribution in [3.8, 4) is 11.5 Å². The van der Waals surface area contributed by atoms with Crippen molar-refractivity contribution in [3.63, 3.8) is 0 Å². The number of hydrogen-bond donors (Lipinski definition) is 4. The van der Waals surface area contributed by atoms with Crippen LogP contribution in [-0.2, 0) is 21.9 Å². The van der Waals surface area contributed by atoms with E-state index in [1.807, 2.05) is 53.7 Å². The van der Waals surface area contributed by atoms with Crippen LogP contribution in [0.2, 0.25) is 0 Å². The Kier molecular flexibility index (Phi) is 6.43. The Hall–Kier alpha value is -2.01. The molecule has 0 bridgehead atoms. The first-order valence-electron chi connectivity index (χ1n) is 9.53. The summed E-state index contributed by atoms with van der Waals surface area (Å²) in [5.41, 5.74) is 2.43. The van der Waals surface area contributed by atoms with Gasteiger partial charge in [-0.3, -0.25) is 4.57 Å². The number of aromatic hydroxyl groups is 2. The zero-order valence-corrected chi connectivity index (χ0v) is 18.9. The average Bonchev–Trinajstić information content (AvgIpc) is 2.53. The molecule has 29 heavy (non-hydrogen) atoms. The Balaban J connectivity index is 2.57. The average molecular weight is 421 g/mol. The van der Waals surface area contributed by atoms with Crippen LogP contribution >= 0.6 is 7.60 Å². The first kappa shape index (κ1) is 23.3. The van der Waals surface area contributed by atoms with Crippen LogP contribution in [0.1, 0.15) is 58.2 Å². The molecule has 0 amide bonds. The molecule has 0 spiro atoms. The molecule has 2 aromatic carbocycles. The fourth-order valence-corrected chi connectivity index (χ4v) is 3.97. The summed E-state index contributed by atoms with van der Waals surface area (Å²) < 4.78 is 11.7. The summed E-state index contributed by atoms with van der Waals surface area (Å²) in [6, 6.07) is 10.0. The summed E-state index contributed by atoms with van der Waals surface area (Å²) in [7, 11) is -4.32. The van der Waals surface area contributed by atoms with Crippen molar-refractivity contribution < 1.29 is 24.6 Å². The SMILES string of the molecule is CC(C)(C)c1cc(CN(CP(=O)(O)O)c2ccc(O)cc2)cc(C(C)(C)C)c1O. The minimum absolute atomic E-state index is 0.0829. The molecule has 6 nitrogen and oxygen atoms in total. The third-order valence-electron chi connectivity index (χ3n) is 4.73. The fraction of sp³-hybridized carbons (Fsp3) is 0.455. The van der Waals surface area contributed by atoms with Crippen LogP contribution < -0.4 is 4.90 Å². The Bertz CT molecular complexity index is 869. The molecule has 0 aliphatic rings. The lowest BCUT2D eigenvalue weighted by molar-refractivity contribution is 0.371. The molecule has 0 heterocycles. The van der Waals surface area contributed by atoms with Gasteiger partial charge in [-0.1, -0.05) is 41.5 Å². The lowest BCUT2D eigenvalue weighted by atomic mass is 9.78. The summed E-state index contributed by atoms with van der Waals surface area (Å²) in [4.78, 5) is 20.7. The third-order valence-corrected chi connectivity index (χ3v) is 5.44. The maximum absolute atomic E-state index is 11.7. The summed E-state index contributed by atoms with van der Waals surface area (Å²) in [6.45, 7) is 12.4. The second kappa shape index (κ2) is 8.02. The molecule has 160 valence electrons. The van der Waals surface area contributed by atoms with Crippen LogP contribution in [0.3, 0.4) is 0 Å². The van der Waals surface area contributed by atoms with Crippen molar-refractivity contribution in [3.05, 3.63) is 53.1 Å². The summed E-state index contributed by atoms with van der Waals surface area (Å²) >= 11 is 0.